The largest absolute Gasteiger partial charge is 0.394 e. The molecule has 2 saturated heterocycles. The van der Waals surface area contributed by atoms with Gasteiger partial charge in [-0.15, -0.1) is 0 Å². The lowest BCUT2D eigenvalue weighted by atomic mass is 10.0. The van der Waals surface area contributed by atoms with E-state index in [4.69, 9.17) is 0 Å². The van der Waals surface area contributed by atoms with Crippen molar-refractivity contribution >= 4 is 35.2 Å². The van der Waals surface area contributed by atoms with Crippen LogP contribution in [0, 0.1) is 0 Å². The van der Waals surface area contributed by atoms with Crippen LogP contribution in [-0.2, 0) is 16.1 Å². The first kappa shape index (κ1) is 20.4. The van der Waals surface area contributed by atoms with Gasteiger partial charge >= 0.3 is 0 Å². The Bertz CT molecular complexity index is 1090. The Labute approximate surface area is 184 Å². The van der Waals surface area contributed by atoms with Crippen LogP contribution in [0.1, 0.15) is 41.6 Å². The lowest BCUT2D eigenvalue weighted by molar-refractivity contribution is -0.136. The molecule has 10 nitrogen and oxygen atoms in total. The van der Waals surface area contributed by atoms with Crippen LogP contribution in [0.4, 0.5) is 17.5 Å². The molecule has 0 radical (unpaired) electrons. The fraction of sp³-hybridized carbons (Fsp3) is 0.409. The van der Waals surface area contributed by atoms with Crippen molar-refractivity contribution in [3.05, 3.63) is 41.6 Å². The van der Waals surface area contributed by atoms with Gasteiger partial charge in [-0.1, -0.05) is 6.07 Å². The number of amides is 3. The third kappa shape index (κ3) is 3.56. The Hall–Kier alpha value is -3.53. The summed E-state index contributed by atoms with van der Waals surface area (Å²) >= 11 is 0. The van der Waals surface area contributed by atoms with E-state index < -0.39 is 11.9 Å². The van der Waals surface area contributed by atoms with E-state index in [0.29, 0.717) is 23.8 Å². The lowest BCUT2D eigenvalue weighted by Crippen LogP contribution is -2.52. The molecule has 0 aliphatic carbocycles. The minimum atomic E-state index is -0.656. The molecule has 10 heteroatoms. The molecule has 0 bridgehead atoms. The van der Waals surface area contributed by atoms with E-state index in [9.17, 15) is 19.5 Å². The molecule has 3 N–H and O–H groups in total. The van der Waals surface area contributed by atoms with E-state index in [1.165, 1.54) is 4.90 Å². The smallest absolute Gasteiger partial charge is 0.255 e. The number of imide groups is 1. The van der Waals surface area contributed by atoms with E-state index in [1.807, 2.05) is 11.0 Å². The molecule has 3 aliphatic heterocycles. The summed E-state index contributed by atoms with van der Waals surface area (Å²) in [5.41, 5.74) is 2.06. The van der Waals surface area contributed by atoms with Crippen LogP contribution in [-0.4, -0.2) is 62.9 Å². The SMILES string of the molecule is O=C1CCC(N2Cc3c(Nc4ccnc(N5CCC[C@@H]5CO)n4)cccc3C2=O)C(=O)N1. The van der Waals surface area contributed by atoms with Gasteiger partial charge in [0.05, 0.1) is 12.6 Å². The Morgan fingerprint density at radius 1 is 1.16 bits per heavy atom. The molecule has 1 aromatic heterocycles. The maximum Gasteiger partial charge on any atom is 0.255 e. The van der Waals surface area contributed by atoms with E-state index in [-0.39, 0.29) is 37.4 Å². The van der Waals surface area contributed by atoms with Crippen molar-refractivity contribution in [1.82, 2.24) is 20.2 Å². The predicted molar refractivity (Wildman–Crippen MR) is 115 cm³/mol. The number of rotatable bonds is 5. The molecule has 5 rings (SSSR count). The number of nitrogens with zero attached hydrogens (tertiary/aromatic N) is 4. The third-order valence-corrected chi connectivity index (χ3v) is 6.33. The standard InChI is InChI=1S/C22H24N6O4/c29-12-13-3-2-10-27(13)22-23-9-8-18(25-22)24-16-5-1-4-14-15(16)11-28(21(14)32)17-6-7-19(30)26-20(17)31/h1,4-5,8-9,13,17,29H,2-3,6-7,10-12H2,(H,23,24,25)(H,26,30,31)/t13-,17?/m1/s1. The number of benzene rings is 1. The highest BCUT2D eigenvalue weighted by Gasteiger charge is 2.39. The highest BCUT2D eigenvalue weighted by molar-refractivity contribution is 6.06. The van der Waals surface area contributed by atoms with Gasteiger partial charge in [-0.2, -0.15) is 4.98 Å². The second-order valence-electron chi connectivity index (χ2n) is 8.27. The topological polar surface area (TPSA) is 128 Å². The fourth-order valence-electron chi connectivity index (χ4n) is 4.69. The van der Waals surface area contributed by atoms with Gasteiger partial charge in [0.25, 0.3) is 5.91 Å². The van der Waals surface area contributed by atoms with Crippen molar-refractivity contribution in [2.75, 3.05) is 23.4 Å². The van der Waals surface area contributed by atoms with Crippen molar-refractivity contribution in [2.24, 2.45) is 0 Å². The molecule has 166 valence electrons. The van der Waals surface area contributed by atoms with Gasteiger partial charge in [0, 0.05) is 42.5 Å². The molecule has 1 unspecified atom stereocenters. The molecule has 2 atom stereocenters. The summed E-state index contributed by atoms with van der Waals surface area (Å²) in [7, 11) is 0. The maximum atomic E-state index is 13.0. The first-order valence-electron chi connectivity index (χ1n) is 10.8. The normalized spacial score (nSPS) is 22.8. The van der Waals surface area contributed by atoms with Crippen LogP contribution in [0.3, 0.4) is 0 Å². The summed E-state index contributed by atoms with van der Waals surface area (Å²) in [6, 6.07) is 6.52. The van der Waals surface area contributed by atoms with Crippen molar-refractivity contribution in [3.63, 3.8) is 0 Å². The summed E-state index contributed by atoms with van der Waals surface area (Å²) in [5.74, 6) is 0.184. The van der Waals surface area contributed by atoms with Gasteiger partial charge in [-0.25, -0.2) is 4.98 Å². The van der Waals surface area contributed by atoms with E-state index in [1.54, 1.807) is 24.4 Å². The minimum absolute atomic E-state index is 0.0194. The zero-order chi connectivity index (χ0) is 22.2. The number of aliphatic hydroxyl groups is 1. The zero-order valence-corrected chi connectivity index (χ0v) is 17.5. The number of hydrogen-bond acceptors (Lipinski definition) is 8. The number of aromatic nitrogens is 2. The molecule has 0 saturated carbocycles. The average molecular weight is 436 g/mol. The van der Waals surface area contributed by atoms with Gasteiger partial charge < -0.3 is 20.2 Å². The van der Waals surface area contributed by atoms with Crippen molar-refractivity contribution in [2.45, 2.75) is 44.3 Å². The first-order chi connectivity index (χ1) is 15.5. The van der Waals surface area contributed by atoms with E-state index in [0.717, 1.165) is 30.6 Å². The Morgan fingerprint density at radius 3 is 2.84 bits per heavy atom. The Morgan fingerprint density at radius 2 is 2.03 bits per heavy atom. The molecular weight excluding hydrogens is 412 g/mol. The number of piperidine rings is 1. The molecule has 4 heterocycles. The highest BCUT2D eigenvalue weighted by Crippen LogP contribution is 2.33. The molecule has 2 aromatic rings. The van der Waals surface area contributed by atoms with Crippen LogP contribution in [0.5, 0.6) is 0 Å². The van der Waals surface area contributed by atoms with Crippen molar-refractivity contribution < 1.29 is 19.5 Å². The Kier molecular flexibility index (Phi) is 5.22. The average Bonchev–Trinajstić information content (AvgIpc) is 3.40. The molecule has 2 fully saturated rings. The maximum absolute atomic E-state index is 13.0. The van der Waals surface area contributed by atoms with Gasteiger partial charge in [-0.05, 0) is 37.5 Å². The Balaban J connectivity index is 1.38. The number of hydrogen-bond donors (Lipinski definition) is 3. The van der Waals surface area contributed by atoms with Crippen LogP contribution < -0.4 is 15.5 Å². The van der Waals surface area contributed by atoms with E-state index >= 15 is 0 Å². The zero-order valence-electron chi connectivity index (χ0n) is 17.5. The second-order valence-corrected chi connectivity index (χ2v) is 8.27. The van der Waals surface area contributed by atoms with Gasteiger partial charge in [0.15, 0.2) is 0 Å². The molecular formula is C22H24N6O4. The molecule has 3 aliphatic rings. The number of nitrogens with one attached hydrogen (secondary N) is 2. The fourth-order valence-corrected chi connectivity index (χ4v) is 4.69. The molecule has 0 spiro atoms. The number of carbonyl (C=O) groups excluding carboxylic acids is 3. The number of aliphatic hydroxyl groups excluding tert-OH is 1. The summed E-state index contributed by atoms with van der Waals surface area (Å²) in [6.07, 6.45) is 4.10. The number of fused-ring (bicyclic) bond motifs is 1. The second kappa shape index (κ2) is 8.19. The number of anilines is 3. The van der Waals surface area contributed by atoms with Gasteiger partial charge in [0.1, 0.15) is 11.9 Å². The van der Waals surface area contributed by atoms with Crippen LogP contribution in [0.25, 0.3) is 0 Å². The summed E-state index contributed by atoms with van der Waals surface area (Å²) in [6.45, 7) is 1.14. The quantitative estimate of drug-likeness (QED) is 0.591. The highest BCUT2D eigenvalue weighted by atomic mass is 16.3. The molecule has 32 heavy (non-hydrogen) atoms. The van der Waals surface area contributed by atoms with Gasteiger partial charge in [-0.3, -0.25) is 19.7 Å². The molecule has 1 aromatic carbocycles. The molecule has 3 amide bonds. The van der Waals surface area contributed by atoms with Crippen LogP contribution in [0.2, 0.25) is 0 Å². The van der Waals surface area contributed by atoms with Crippen LogP contribution in [0.15, 0.2) is 30.5 Å². The monoisotopic (exact) mass is 436 g/mol. The number of carbonyl (C=O) groups is 3. The summed E-state index contributed by atoms with van der Waals surface area (Å²) in [5, 5.41) is 15.2. The predicted octanol–water partition coefficient (Wildman–Crippen LogP) is 0.942. The van der Waals surface area contributed by atoms with Crippen LogP contribution >= 0.6 is 0 Å². The third-order valence-electron chi connectivity index (χ3n) is 6.33. The van der Waals surface area contributed by atoms with Gasteiger partial charge in [0.2, 0.25) is 17.8 Å². The van der Waals surface area contributed by atoms with Crippen molar-refractivity contribution in [1.29, 1.82) is 0 Å². The van der Waals surface area contributed by atoms with Crippen molar-refractivity contribution in [3.8, 4) is 0 Å². The summed E-state index contributed by atoms with van der Waals surface area (Å²) < 4.78 is 0. The summed E-state index contributed by atoms with van der Waals surface area (Å²) in [4.78, 5) is 49.3. The first-order valence-corrected chi connectivity index (χ1v) is 10.8. The lowest BCUT2D eigenvalue weighted by Gasteiger charge is -2.29. The van der Waals surface area contributed by atoms with E-state index in [2.05, 4.69) is 20.6 Å². The minimum Gasteiger partial charge on any atom is -0.394 e.